The van der Waals surface area contributed by atoms with E-state index in [9.17, 15) is 9.59 Å². The Morgan fingerprint density at radius 1 is 1.19 bits per heavy atom. The van der Waals surface area contributed by atoms with Crippen LogP contribution in [0.1, 0.15) is 31.1 Å². The lowest BCUT2D eigenvalue weighted by atomic mass is 9.88. The Morgan fingerprint density at radius 3 is 2.43 bits per heavy atom. The van der Waals surface area contributed by atoms with Gasteiger partial charge in [0.15, 0.2) is 0 Å². The van der Waals surface area contributed by atoms with Crippen molar-refractivity contribution in [2.75, 3.05) is 18.4 Å². The Hall–Kier alpha value is -1.88. The van der Waals surface area contributed by atoms with Gasteiger partial charge in [0, 0.05) is 12.0 Å². The maximum absolute atomic E-state index is 12.3. The third kappa shape index (κ3) is 3.82. The molecule has 1 unspecified atom stereocenters. The molecule has 1 aliphatic rings. The standard InChI is InChI=1S/C16H23N3O2/c1-10(2)18-16(21)13-6-4-5-7-14(13)19-15(20)11(3)12-8-17-9-12/h4-7,10-12,17H,8-9H2,1-3H3,(H,18,21)(H,19,20). The normalized spacial score (nSPS) is 16.2. The van der Waals surface area contributed by atoms with E-state index in [0.29, 0.717) is 17.2 Å². The molecule has 0 spiro atoms. The van der Waals surface area contributed by atoms with Crippen molar-refractivity contribution in [2.45, 2.75) is 26.8 Å². The average molecular weight is 289 g/mol. The molecule has 21 heavy (non-hydrogen) atoms. The van der Waals surface area contributed by atoms with Crippen LogP contribution in [0.4, 0.5) is 5.69 Å². The van der Waals surface area contributed by atoms with Crippen LogP contribution in [-0.4, -0.2) is 30.9 Å². The van der Waals surface area contributed by atoms with Gasteiger partial charge in [-0.1, -0.05) is 19.1 Å². The monoisotopic (exact) mass is 289 g/mol. The van der Waals surface area contributed by atoms with Crippen molar-refractivity contribution < 1.29 is 9.59 Å². The Kier molecular flexibility index (Phi) is 4.96. The lowest BCUT2D eigenvalue weighted by molar-refractivity contribution is -0.121. The lowest BCUT2D eigenvalue weighted by Crippen LogP contribution is -2.48. The molecular weight excluding hydrogens is 266 g/mol. The number of amides is 2. The van der Waals surface area contributed by atoms with Crippen molar-refractivity contribution in [1.29, 1.82) is 0 Å². The largest absolute Gasteiger partial charge is 0.350 e. The number of hydrogen-bond acceptors (Lipinski definition) is 3. The average Bonchev–Trinajstić information content (AvgIpc) is 2.36. The first-order chi connectivity index (χ1) is 9.99. The van der Waals surface area contributed by atoms with Gasteiger partial charge < -0.3 is 16.0 Å². The van der Waals surface area contributed by atoms with Gasteiger partial charge in [0.05, 0.1) is 11.3 Å². The van der Waals surface area contributed by atoms with Crippen LogP contribution < -0.4 is 16.0 Å². The third-order valence-corrected chi connectivity index (χ3v) is 3.78. The highest BCUT2D eigenvalue weighted by molar-refractivity contribution is 6.04. The summed E-state index contributed by atoms with van der Waals surface area (Å²) >= 11 is 0. The number of benzene rings is 1. The van der Waals surface area contributed by atoms with E-state index in [1.165, 1.54) is 0 Å². The maximum atomic E-state index is 12.3. The van der Waals surface area contributed by atoms with Crippen LogP contribution in [-0.2, 0) is 4.79 Å². The molecule has 1 atom stereocenters. The topological polar surface area (TPSA) is 70.2 Å². The number of hydrogen-bond donors (Lipinski definition) is 3. The fourth-order valence-electron chi connectivity index (χ4n) is 2.26. The molecule has 0 aliphatic carbocycles. The third-order valence-electron chi connectivity index (χ3n) is 3.78. The first kappa shape index (κ1) is 15.5. The molecule has 2 rings (SSSR count). The fraction of sp³-hybridized carbons (Fsp3) is 0.500. The molecule has 5 heteroatoms. The minimum atomic E-state index is -0.168. The van der Waals surface area contributed by atoms with Crippen LogP contribution in [0.15, 0.2) is 24.3 Å². The molecule has 1 aromatic rings. The quantitative estimate of drug-likeness (QED) is 0.771. The lowest BCUT2D eigenvalue weighted by Gasteiger charge is -2.31. The van der Waals surface area contributed by atoms with E-state index in [1.54, 1.807) is 18.2 Å². The van der Waals surface area contributed by atoms with Crippen molar-refractivity contribution >= 4 is 17.5 Å². The Labute approximate surface area is 125 Å². The highest BCUT2D eigenvalue weighted by Gasteiger charge is 2.29. The molecular formula is C16H23N3O2. The highest BCUT2D eigenvalue weighted by Crippen LogP contribution is 2.20. The summed E-state index contributed by atoms with van der Waals surface area (Å²) in [5.74, 6) is 0.110. The summed E-state index contributed by atoms with van der Waals surface area (Å²) in [6.07, 6.45) is 0. The van der Waals surface area contributed by atoms with E-state index in [2.05, 4.69) is 16.0 Å². The zero-order valence-electron chi connectivity index (χ0n) is 12.8. The Morgan fingerprint density at radius 2 is 1.86 bits per heavy atom. The summed E-state index contributed by atoms with van der Waals surface area (Å²) in [5, 5.41) is 8.90. The van der Waals surface area contributed by atoms with Crippen LogP contribution >= 0.6 is 0 Å². The summed E-state index contributed by atoms with van der Waals surface area (Å²) in [6.45, 7) is 7.50. The van der Waals surface area contributed by atoms with Crippen LogP contribution in [0.3, 0.4) is 0 Å². The zero-order chi connectivity index (χ0) is 15.4. The second-order valence-electron chi connectivity index (χ2n) is 5.87. The molecule has 3 N–H and O–H groups in total. The van der Waals surface area contributed by atoms with Crippen LogP contribution in [0.25, 0.3) is 0 Å². The van der Waals surface area contributed by atoms with Gasteiger partial charge in [-0.15, -0.1) is 0 Å². The number of carbonyl (C=O) groups excluding carboxylic acids is 2. The van der Waals surface area contributed by atoms with Gasteiger partial charge in [0.1, 0.15) is 0 Å². The summed E-state index contributed by atoms with van der Waals surface area (Å²) in [4.78, 5) is 24.4. The van der Waals surface area contributed by atoms with Crippen LogP contribution in [0, 0.1) is 11.8 Å². The van der Waals surface area contributed by atoms with Crippen LogP contribution in [0.2, 0.25) is 0 Å². The van der Waals surface area contributed by atoms with Crippen LogP contribution in [0.5, 0.6) is 0 Å². The molecule has 5 nitrogen and oxygen atoms in total. The summed E-state index contributed by atoms with van der Waals surface area (Å²) in [5.41, 5.74) is 1.07. The smallest absolute Gasteiger partial charge is 0.253 e. The van der Waals surface area contributed by atoms with Gasteiger partial charge in [0.2, 0.25) is 5.91 Å². The van der Waals surface area contributed by atoms with Gasteiger partial charge >= 0.3 is 0 Å². The van der Waals surface area contributed by atoms with E-state index in [0.717, 1.165) is 13.1 Å². The Bertz CT molecular complexity index is 524. The molecule has 1 aromatic carbocycles. The highest BCUT2D eigenvalue weighted by atomic mass is 16.2. The van der Waals surface area contributed by atoms with E-state index in [-0.39, 0.29) is 23.8 Å². The second-order valence-corrected chi connectivity index (χ2v) is 5.87. The fourth-order valence-corrected chi connectivity index (χ4v) is 2.26. The number of rotatable bonds is 5. The van der Waals surface area contributed by atoms with Gasteiger partial charge in [-0.05, 0) is 45.0 Å². The van der Waals surface area contributed by atoms with Crippen molar-refractivity contribution in [3.63, 3.8) is 0 Å². The van der Waals surface area contributed by atoms with Crippen molar-refractivity contribution in [3.8, 4) is 0 Å². The molecule has 114 valence electrons. The summed E-state index contributed by atoms with van der Waals surface area (Å²) in [7, 11) is 0. The number of carbonyl (C=O) groups is 2. The predicted molar refractivity (Wildman–Crippen MR) is 83.2 cm³/mol. The SMILES string of the molecule is CC(C)NC(=O)c1ccccc1NC(=O)C(C)C1CNC1. The van der Waals surface area contributed by atoms with Crippen molar-refractivity contribution in [3.05, 3.63) is 29.8 Å². The second kappa shape index (κ2) is 6.72. The molecule has 0 aromatic heterocycles. The molecule has 1 saturated heterocycles. The minimum absolute atomic E-state index is 0.0358. The minimum Gasteiger partial charge on any atom is -0.350 e. The zero-order valence-corrected chi connectivity index (χ0v) is 12.8. The van der Waals surface area contributed by atoms with E-state index in [1.807, 2.05) is 26.8 Å². The first-order valence-electron chi connectivity index (χ1n) is 7.40. The van der Waals surface area contributed by atoms with Gasteiger partial charge in [-0.2, -0.15) is 0 Å². The summed E-state index contributed by atoms with van der Waals surface area (Å²) in [6, 6.07) is 7.16. The number of nitrogens with one attached hydrogen (secondary N) is 3. The molecule has 0 bridgehead atoms. The van der Waals surface area contributed by atoms with Crippen molar-refractivity contribution in [1.82, 2.24) is 10.6 Å². The molecule has 1 fully saturated rings. The van der Waals surface area contributed by atoms with Gasteiger partial charge in [-0.3, -0.25) is 9.59 Å². The molecule has 2 amide bonds. The first-order valence-corrected chi connectivity index (χ1v) is 7.40. The van der Waals surface area contributed by atoms with Crippen molar-refractivity contribution in [2.24, 2.45) is 11.8 Å². The Balaban J connectivity index is 2.08. The molecule has 1 aliphatic heterocycles. The molecule has 1 heterocycles. The predicted octanol–water partition coefficient (Wildman–Crippen LogP) is 1.62. The maximum Gasteiger partial charge on any atom is 0.253 e. The number of anilines is 1. The summed E-state index contributed by atoms with van der Waals surface area (Å²) < 4.78 is 0. The van der Waals surface area contributed by atoms with Gasteiger partial charge in [0.25, 0.3) is 5.91 Å². The van der Waals surface area contributed by atoms with E-state index < -0.39 is 0 Å². The van der Waals surface area contributed by atoms with E-state index in [4.69, 9.17) is 0 Å². The molecule has 0 radical (unpaired) electrons. The molecule has 0 saturated carbocycles. The van der Waals surface area contributed by atoms with E-state index >= 15 is 0 Å². The number of para-hydroxylation sites is 1. The van der Waals surface area contributed by atoms with Gasteiger partial charge in [-0.25, -0.2) is 0 Å².